The van der Waals surface area contributed by atoms with Gasteiger partial charge in [-0.15, -0.1) is 23.2 Å². The molecular weight excluding hydrogens is 215 g/mol. The van der Waals surface area contributed by atoms with E-state index in [1.54, 1.807) is 4.90 Å². The molecule has 0 saturated carbocycles. The van der Waals surface area contributed by atoms with Crippen LogP contribution in [0.25, 0.3) is 0 Å². The van der Waals surface area contributed by atoms with E-state index in [4.69, 9.17) is 28.4 Å². The normalized spacial score (nSPS) is 11.5. The summed E-state index contributed by atoms with van der Waals surface area (Å²) in [5, 5.41) is 11.5. The maximum absolute atomic E-state index is 10.9. The van der Waals surface area contributed by atoms with Crippen LogP contribution in [0.15, 0.2) is 5.16 Å². The molecule has 0 amide bonds. The van der Waals surface area contributed by atoms with Crippen molar-refractivity contribution in [1.29, 1.82) is 0 Å². The van der Waals surface area contributed by atoms with E-state index in [9.17, 15) is 4.79 Å². The van der Waals surface area contributed by atoms with Crippen molar-refractivity contribution >= 4 is 34.8 Å². The van der Waals surface area contributed by atoms with Crippen molar-refractivity contribution < 1.29 is 10.0 Å². The molecule has 76 valence electrons. The number of rotatable bonds is 5. The zero-order valence-electron chi connectivity index (χ0n) is 7.33. The third-order valence-electron chi connectivity index (χ3n) is 1.42. The van der Waals surface area contributed by atoms with E-state index in [0.29, 0.717) is 24.8 Å². The Morgan fingerprint density at radius 2 is 1.85 bits per heavy atom. The first-order valence-corrected chi connectivity index (χ1v) is 4.84. The summed E-state index contributed by atoms with van der Waals surface area (Å²) in [7, 11) is 0. The highest BCUT2D eigenvalue weighted by atomic mass is 35.5. The topological polar surface area (TPSA) is 52.9 Å². The second kappa shape index (κ2) is 6.97. The van der Waals surface area contributed by atoms with E-state index in [1.165, 1.54) is 6.92 Å². The molecule has 0 aromatic heterocycles. The van der Waals surface area contributed by atoms with Crippen LogP contribution >= 0.6 is 23.2 Å². The highest BCUT2D eigenvalue weighted by molar-refractivity contribution is 6.37. The lowest BCUT2D eigenvalue weighted by Gasteiger charge is -2.21. The molecule has 0 aromatic carbocycles. The Kier molecular flexibility index (Phi) is 6.72. The highest BCUT2D eigenvalue weighted by Gasteiger charge is 2.15. The van der Waals surface area contributed by atoms with Crippen LogP contribution in [0.5, 0.6) is 0 Å². The molecule has 0 saturated heterocycles. The smallest absolute Gasteiger partial charge is 0.211 e. The molecule has 6 heteroatoms. The number of hydrogen-bond donors (Lipinski definition) is 1. The summed E-state index contributed by atoms with van der Waals surface area (Å²) in [6.45, 7) is 2.20. The third-order valence-corrected chi connectivity index (χ3v) is 1.76. The minimum atomic E-state index is -0.308. The largest absolute Gasteiger partial charge is 0.409 e. The van der Waals surface area contributed by atoms with Crippen molar-refractivity contribution in [2.75, 3.05) is 24.8 Å². The van der Waals surface area contributed by atoms with Crippen molar-refractivity contribution in [3.05, 3.63) is 0 Å². The zero-order chi connectivity index (χ0) is 10.3. The number of oxime groups is 1. The molecule has 1 N–H and O–H groups in total. The maximum atomic E-state index is 10.9. The summed E-state index contributed by atoms with van der Waals surface area (Å²) < 4.78 is 0. The lowest BCUT2D eigenvalue weighted by Crippen LogP contribution is -2.38. The predicted octanol–water partition coefficient (Wildman–Crippen LogP) is 1.14. The zero-order valence-corrected chi connectivity index (χ0v) is 8.85. The fourth-order valence-electron chi connectivity index (χ4n) is 0.884. The summed E-state index contributed by atoms with van der Waals surface area (Å²) in [5.41, 5.74) is 0. The van der Waals surface area contributed by atoms with E-state index in [-0.39, 0.29) is 11.6 Å². The number of hydrogen-bond acceptors (Lipinski definition) is 3. The van der Waals surface area contributed by atoms with E-state index in [2.05, 4.69) is 5.16 Å². The van der Waals surface area contributed by atoms with Gasteiger partial charge in [0.1, 0.15) is 0 Å². The van der Waals surface area contributed by atoms with Crippen molar-refractivity contribution in [2.24, 2.45) is 5.16 Å². The van der Waals surface area contributed by atoms with Gasteiger partial charge in [-0.2, -0.15) is 0 Å². The van der Waals surface area contributed by atoms with Gasteiger partial charge in [0, 0.05) is 31.8 Å². The Bertz CT molecular complexity index is 191. The Morgan fingerprint density at radius 1 is 1.38 bits per heavy atom. The van der Waals surface area contributed by atoms with Crippen LogP contribution in [-0.2, 0) is 4.79 Å². The SMILES string of the molecule is CC(=O)/C(=N/O)N(CCCl)CCCl. The molecule has 0 rings (SSSR count). The molecule has 0 aromatic rings. The molecule has 0 spiro atoms. The van der Waals surface area contributed by atoms with Crippen molar-refractivity contribution in [3.63, 3.8) is 0 Å². The summed E-state index contributed by atoms with van der Waals surface area (Å²) in [4.78, 5) is 12.5. The van der Waals surface area contributed by atoms with Crippen LogP contribution in [0.1, 0.15) is 6.92 Å². The second-order valence-corrected chi connectivity index (χ2v) is 3.10. The summed E-state index contributed by atoms with van der Waals surface area (Å²) >= 11 is 11.0. The summed E-state index contributed by atoms with van der Waals surface area (Å²) in [6, 6.07) is 0. The van der Waals surface area contributed by atoms with Gasteiger partial charge in [-0.25, -0.2) is 0 Å². The van der Waals surface area contributed by atoms with Gasteiger partial charge in [0.05, 0.1) is 0 Å². The monoisotopic (exact) mass is 226 g/mol. The molecule has 4 nitrogen and oxygen atoms in total. The predicted molar refractivity (Wildman–Crippen MR) is 52.9 cm³/mol. The Hall–Kier alpha value is -0.480. The van der Waals surface area contributed by atoms with E-state index in [0.717, 1.165) is 0 Å². The van der Waals surface area contributed by atoms with Crippen LogP contribution in [0.3, 0.4) is 0 Å². The van der Waals surface area contributed by atoms with Crippen LogP contribution < -0.4 is 0 Å². The first-order valence-electron chi connectivity index (χ1n) is 3.77. The Balaban J connectivity index is 4.39. The number of Topliss-reactive ketones (excluding diaryl/α,β-unsaturated/α-hetero) is 1. The molecule has 0 atom stereocenters. The van der Waals surface area contributed by atoms with Crippen LogP contribution in [0.2, 0.25) is 0 Å². The van der Waals surface area contributed by atoms with Crippen LogP contribution in [0, 0.1) is 0 Å². The minimum absolute atomic E-state index is 0.00120. The van der Waals surface area contributed by atoms with Gasteiger partial charge >= 0.3 is 0 Å². The lowest BCUT2D eigenvalue weighted by atomic mass is 10.3. The Labute approximate surface area is 87.1 Å². The fourth-order valence-corrected chi connectivity index (χ4v) is 1.29. The molecule has 0 aliphatic rings. The van der Waals surface area contributed by atoms with E-state index in [1.807, 2.05) is 0 Å². The molecule has 13 heavy (non-hydrogen) atoms. The maximum Gasteiger partial charge on any atom is 0.211 e. The number of carbonyl (C=O) groups is 1. The van der Waals surface area contributed by atoms with E-state index >= 15 is 0 Å². The molecule has 0 fully saturated rings. The fraction of sp³-hybridized carbons (Fsp3) is 0.714. The van der Waals surface area contributed by atoms with Gasteiger partial charge in [0.2, 0.25) is 5.84 Å². The molecule has 0 aliphatic carbocycles. The number of nitrogens with zero attached hydrogens (tertiary/aromatic N) is 2. The van der Waals surface area contributed by atoms with Gasteiger partial charge in [-0.1, -0.05) is 5.16 Å². The molecule has 0 unspecified atom stereocenters. The minimum Gasteiger partial charge on any atom is -0.409 e. The number of halogens is 2. The number of ketones is 1. The van der Waals surface area contributed by atoms with Gasteiger partial charge in [-0.05, 0) is 0 Å². The van der Waals surface area contributed by atoms with Gasteiger partial charge in [0.25, 0.3) is 0 Å². The number of amidine groups is 1. The molecule has 0 radical (unpaired) electrons. The Morgan fingerprint density at radius 3 is 2.08 bits per heavy atom. The van der Waals surface area contributed by atoms with Gasteiger partial charge in [0.15, 0.2) is 5.78 Å². The van der Waals surface area contributed by atoms with Gasteiger partial charge in [-0.3, -0.25) is 4.79 Å². The second-order valence-electron chi connectivity index (χ2n) is 2.34. The summed E-state index contributed by atoms with van der Waals surface area (Å²) in [5.74, 6) is 0.394. The average molecular weight is 227 g/mol. The standard InChI is InChI=1S/C7H12Cl2N2O2/c1-6(12)7(10-13)11(4-2-8)5-3-9/h13H,2-5H2,1H3/b10-7-. The number of carbonyl (C=O) groups excluding carboxylic acids is 1. The van der Waals surface area contributed by atoms with Crippen molar-refractivity contribution in [1.82, 2.24) is 4.90 Å². The quantitative estimate of drug-likeness (QED) is 0.252. The van der Waals surface area contributed by atoms with Crippen LogP contribution in [0.4, 0.5) is 0 Å². The van der Waals surface area contributed by atoms with Crippen molar-refractivity contribution in [3.8, 4) is 0 Å². The van der Waals surface area contributed by atoms with E-state index < -0.39 is 0 Å². The van der Waals surface area contributed by atoms with Gasteiger partial charge < -0.3 is 10.1 Å². The average Bonchev–Trinajstić information content (AvgIpc) is 2.05. The molecule has 0 aliphatic heterocycles. The molecular formula is C7H12Cl2N2O2. The first-order chi connectivity index (χ1) is 6.17. The number of alkyl halides is 2. The third kappa shape index (κ3) is 4.33. The first kappa shape index (κ1) is 12.5. The lowest BCUT2D eigenvalue weighted by molar-refractivity contribution is -0.111. The molecule has 0 bridgehead atoms. The molecule has 0 heterocycles. The van der Waals surface area contributed by atoms with Crippen LogP contribution in [-0.4, -0.2) is 46.6 Å². The highest BCUT2D eigenvalue weighted by Crippen LogP contribution is 1.96. The van der Waals surface area contributed by atoms with Crippen molar-refractivity contribution in [2.45, 2.75) is 6.92 Å². The summed E-state index contributed by atoms with van der Waals surface area (Å²) in [6.07, 6.45) is 0.